The van der Waals surface area contributed by atoms with Gasteiger partial charge in [0.25, 0.3) is 0 Å². The monoisotopic (exact) mass is 338 g/mol. The molecule has 1 fully saturated rings. The molecule has 6 nitrogen and oxygen atoms in total. The van der Waals surface area contributed by atoms with Crippen molar-refractivity contribution in [1.29, 1.82) is 0 Å². The number of likely N-dealkylation sites (tertiary alicyclic amines) is 1. The third kappa shape index (κ3) is 5.35. The Morgan fingerprint density at radius 1 is 1.09 bits per heavy atom. The number of carbonyl (C=O) groups is 1. The van der Waals surface area contributed by atoms with Gasteiger partial charge < -0.3 is 20.6 Å². The van der Waals surface area contributed by atoms with E-state index >= 15 is 0 Å². The van der Waals surface area contributed by atoms with Crippen LogP contribution in [0.5, 0.6) is 0 Å². The second kappa shape index (κ2) is 11.2. The summed E-state index contributed by atoms with van der Waals surface area (Å²) in [6, 6.07) is -1.34. The van der Waals surface area contributed by atoms with Crippen LogP contribution in [0.1, 0.15) is 46.0 Å². The van der Waals surface area contributed by atoms with E-state index in [1.807, 2.05) is 6.92 Å². The van der Waals surface area contributed by atoms with Crippen LogP contribution in [0.25, 0.3) is 0 Å². The van der Waals surface area contributed by atoms with E-state index in [0.29, 0.717) is 13.1 Å². The average Bonchev–Trinajstić information content (AvgIpc) is 2.72. The van der Waals surface area contributed by atoms with Crippen molar-refractivity contribution in [1.82, 2.24) is 10.2 Å². The number of carbonyl (C=O) groups excluding carboxylic acids is 1. The van der Waals surface area contributed by atoms with E-state index in [2.05, 4.69) is 12.2 Å². The Labute approximate surface area is 139 Å². The van der Waals surface area contributed by atoms with Crippen LogP contribution in [0, 0.1) is 0 Å². The molecule has 0 bridgehead atoms. The highest BCUT2D eigenvalue weighted by Crippen LogP contribution is 2.26. The highest BCUT2D eigenvalue weighted by Gasteiger charge is 2.50. The van der Waals surface area contributed by atoms with Crippen LogP contribution in [0.15, 0.2) is 0 Å². The maximum Gasteiger partial charge on any atom is 0.240 e. The molecule has 0 unspecified atom stereocenters. The largest absolute Gasteiger partial charge is 0.395 e. The van der Waals surface area contributed by atoms with Crippen LogP contribution in [0.4, 0.5) is 0 Å². The third-order valence-corrected chi connectivity index (χ3v) is 4.16. The molecule has 1 saturated heterocycles. The van der Waals surface area contributed by atoms with Gasteiger partial charge in [-0.2, -0.15) is 0 Å². The van der Waals surface area contributed by atoms with Gasteiger partial charge in [-0.05, 0) is 19.4 Å². The molecule has 1 rings (SSSR count). The average molecular weight is 339 g/mol. The molecule has 1 aliphatic heterocycles. The zero-order chi connectivity index (χ0) is 15.8. The summed E-state index contributed by atoms with van der Waals surface area (Å²) in [5, 5.41) is 32.4. The second-order valence-electron chi connectivity index (χ2n) is 5.77. The van der Waals surface area contributed by atoms with E-state index in [9.17, 15) is 20.1 Å². The lowest BCUT2D eigenvalue weighted by Crippen LogP contribution is -2.50. The van der Waals surface area contributed by atoms with Gasteiger partial charge in [-0.3, -0.25) is 9.69 Å². The Morgan fingerprint density at radius 2 is 1.73 bits per heavy atom. The summed E-state index contributed by atoms with van der Waals surface area (Å²) in [4.78, 5) is 14.0. The maximum atomic E-state index is 12.3. The summed E-state index contributed by atoms with van der Waals surface area (Å²) in [5.74, 6) is -0.260. The van der Waals surface area contributed by atoms with Gasteiger partial charge in [-0.15, -0.1) is 12.4 Å². The fourth-order valence-electron chi connectivity index (χ4n) is 2.87. The summed E-state index contributed by atoms with van der Waals surface area (Å²) in [5.41, 5.74) is 0. The van der Waals surface area contributed by atoms with E-state index in [1.165, 1.54) is 0 Å². The van der Waals surface area contributed by atoms with Crippen molar-refractivity contribution in [3.8, 4) is 0 Å². The number of amides is 1. The summed E-state index contributed by atoms with van der Waals surface area (Å²) >= 11 is 0. The predicted molar refractivity (Wildman–Crippen MR) is 88.1 cm³/mol. The van der Waals surface area contributed by atoms with Gasteiger partial charge in [-0.25, -0.2) is 0 Å². The molecule has 0 spiro atoms. The van der Waals surface area contributed by atoms with Crippen molar-refractivity contribution in [2.45, 2.75) is 70.2 Å². The number of hydrogen-bond acceptors (Lipinski definition) is 5. The number of nitrogens with zero attached hydrogens (tertiary/aromatic N) is 1. The van der Waals surface area contributed by atoms with Gasteiger partial charge in [0.05, 0.1) is 18.8 Å². The van der Waals surface area contributed by atoms with Crippen LogP contribution in [-0.4, -0.2) is 70.1 Å². The standard InChI is InChI=1S/C15H30N2O4.ClH/c1-3-5-7-8-16-15(21)12-14(20)13(19)11(10-18)17(12)9-6-4-2;/h11-14,18-20H,3-10H2,1-2H3,(H,16,21);1H/t11-,12-,13+,14-;/m1./s1. The summed E-state index contributed by atoms with van der Waals surface area (Å²) in [7, 11) is 0. The first kappa shape index (κ1) is 21.6. The minimum atomic E-state index is -1.15. The molecule has 132 valence electrons. The van der Waals surface area contributed by atoms with E-state index in [1.54, 1.807) is 4.90 Å². The molecule has 0 aromatic carbocycles. The highest BCUT2D eigenvalue weighted by molar-refractivity contribution is 5.85. The smallest absolute Gasteiger partial charge is 0.240 e. The molecule has 0 aliphatic carbocycles. The quantitative estimate of drug-likeness (QED) is 0.453. The summed E-state index contributed by atoms with van der Waals surface area (Å²) < 4.78 is 0. The number of nitrogens with one attached hydrogen (secondary N) is 1. The fourth-order valence-corrected chi connectivity index (χ4v) is 2.87. The Morgan fingerprint density at radius 3 is 2.27 bits per heavy atom. The van der Waals surface area contributed by atoms with Crippen molar-refractivity contribution in [2.75, 3.05) is 19.7 Å². The van der Waals surface area contributed by atoms with E-state index in [0.717, 1.165) is 32.1 Å². The SMILES string of the molecule is CCCCCNC(=O)[C@H]1[C@@H](O)[C@@H](O)[C@@H](CO)N1CCCC.Cl. The molecule has 4 N–H and O–H groups in total. The number of aliphatic hydroxyl groups is 3. The molecule has 1 amide bonds. The zero-order valence-electron chi connectivity index (χ0n) is 13.6. The van der Waals surface area contributed by atoms with Crippen LogP contribution in [-0.2, 0) is 4.79 Å². The molecule has 7 heteroatoms. The van der Waals surface area contributed by atoms with Crippen molar-refractivity contribution in [2.24, 2.45) is 0 Å². The van der Waals surface area contributed by atoms with Crippen LogP contribution in [0.3, 0.4) is 0 Å². The third-order valence-electron chi connectivity index (χ3n) is 4.16. The number of aliphatic hydroxyl groups excluding tert-OH is 3. The Kier molecular flexibility index (Phi) is 11.0. The lowest BCUT2D eigenvalue weighted by molar-refractivity contribution is -0.129. The molecule has 1 heterocycles. The molecule has 0 aromatic rings. The Hall–Kier alpha value is -0.400. The molecule has 0 saturated carbocycles. The minimum Gasteiger partial charge on any atom is -0.395 e. The van der Waals surface area contributed by atoms with E-state index in [4.69, 9.17) is 0 Å². The predicted octanol–water partition coefficient (Wildman–Crippen LogP) is 0.282. The van der Waals surface area contributed by atoms with Gasteiger partial charge in [0, 0.05) is 6.54 Å². The second-order valence-corrected chi connectivity index (χ2v) is 5.77. The van der Waals surface area contributed by atoms with Crippen LogP contribution >= 0.6 is 12.4 Å². The number of hydrogen-bond donors (Lipinski definition) is 4. The normalized spacial score (nSPS) is 28.4. The lowest BCUT2D eigenvalue weighted by Gasteiger charge is -2.28. The number of halogens is 1. The maximum absolute atomic E-state index is 12.3. The van der Waals surface area contributed by atoms with Gasteiger partial charge in [-0.1, -0.05) is 33.1 Å². The Balaban J connectivity index is 0.00000441. The van der Waals surface area contributed by atoms with Gasteiger partial charge in [0.2, 0.25) is 5.91 Å². The summed E-state index contributed by atoms with van der Waals surface area (Å²) in [6.07, 6.45) is 2.61. The molecule has 4 atom stereocenters. The van der Waals surface area contributed by atoms with Crippen molar-refractivity contribution < 1.29 is 20.1 Å². The lowest BCUT2D eigenvalue weighted by atomic mass is 10.1. The van der Waals surface area contributed by atoms with Crippen molar-refractivity contribution in [3.63, 3.8) is 0 Å². The molecule has 0 radical (unpaired) electrons. The molecule has 1 aliphatic rings. The molecule has 0 aromatic heterocycles. The minimum absolute atomic E-state index is 0. The van der Waals surface area contributed by atoms with Gasteiger partial charge >= 0.3 is 0 Å². The van der Waals surface area contributed by atoms with Crippen LogP contribution in [0.2, 0.25) is 0 Å². The first-order chi connectivity index (χ1) is 10.1. The van der Waals surface area contributed by atoms with E-state index < -0.39 is 24.3 Å². The highest BCUT2D eigenvalue weighted by atomic mass is 35.5. The first-order valence-corrected chi connectivity index (χ1v) is 8.08. The summed E-state index contributed by atoms with van der Waals surface area (Å²) in [6.45, 7) is 5.04. The van der Waals surface area contributed by atoms with E-state index in [-0.39, 0.29) is 24.9 Å². The molecular formula is C15H31ClN2O4. The van der Waals surface area contributed by atoms with Gasteiger partial charge in [0.15, 0.2) is 0 Å². The van der Waals surface area contributed by atoms with Crippen LogP contribution < -0.4 is 5.32 Å². The van der Waals surface area contributed by atoms with Crippen molar-refractivity contribution >= 4 is 18.3 Å². The first-order valence-electron chi connectivity index (χ1n) is 8.08. The number of unbranched alkanes of at least 4 members (excludes halogenated alkanes) is 3. The van der Waals surface area contributed by atoms with Gasteiger partial charge in [0.1, 0.15) is 12.1 Å². The molecule has 22 heavy (non-hydrogen) atoms. The topological polar surface area (TPSA) is 93.0 Å². The Bertz CT molecular complexity index is 320. The molecular weight excluding hydrogens is 308 g/mol. The fraction of sp³-hybridized carbons (Fsp3) is 0.933. The van der Waals surface area contributed by atoms with Crippen molar-refractivity contribution in [3.05, 3.63) is 0 Å². The number of rotatable bonds is 9. The zero-order valence-corrected chi connectivity index (χ0v) is 14.4.